The summed E-state index contributed by atoms with van der Waals surface area (Å²) in [6.07, 6.45) is 1.27. The maximum absolute atomic E-state index is 12.4. The monoisotopic (exact) mass is 289 g/mol. The quantitative estimate of drug-likeness (QED) is 0.832. The molecule has 2 N–H and O–H groups in total. The number of aliphatic hydroxyl groups excluding tert-OH is 1. The van der Waals surface area contributed by atoms with Gasteiger partial charge in [0.2, 0.25) is 15.8 Å². The second-order valence-electron chi connectivity index (χ2n) is 4.43. The molecule has 1 atom stereocenters. The Balaban J connectivity index is 2.42. The Hall–Kier alpha value is -1.38. The maximum atomic E-state index is 12.4. The first kappa shape index (κ1) is 14.0. The molecule has 0 saturated carbocycles. The van der Waals surface area contributed by atoms with Crippen molar-refractivity contribution in [3.63, 3.8) is 0 Å². The lowest BCUT2D eigenvalue weighted by Gasteiger charge is -2.21. The van der Waals surface area contributed by atoms with Gasteiger partial charge in [0.15, 0.2) is 0 Å². The van der Waals surface area contributed by atoms with E-state index in [9.17, 15) is 18.3 Å². The number of furan rings is 1. The zero-order valence-electron chi connectivity index (χ0n) is 10.4. The van der Waals surface area contributed by atoms with E-state index >= 15 is 0 Å². The molecule has 0 amide bonds. The molecule has 19 heavy (non-hydrogen) atoms. The lowest BCUT2D eigenvalue weighted by Crippen LogP contribution is -2.37. The summed E-state index contributed by atoms with van der Waals surface area (Å²) in [4.78, 5) is 10.6. The molecule has 8 heteroatoms. The van der Waals surface area contributed by atoms with Crippen LogP contribution in [0.2, 0.25) is 0 Å². The number of aliphatic hydroxyl groups is 1. The highest BCUT2D eigenvalue weighted by atomic mass is 32.2. The molecule has 0 spiro atoms. The third-order valence-corrected chi connectivity index (χ3v) is 5.26. The minimum atomic E-state index is -3.83. The molecular weight excluding hydrogens is 274 g/mol. The van der Waals surface area contributed by atoms with Gasteiger partial charge in [-0.05, 0) is 19.8 Å². The summed E-state index contributed by atoms with van der Waals surface area (Å²) in [6, 6.07) is 0.562. The van der Waals surface area contributed by atoms with Crippen LogP contribution in [0.3, 0.4) is 0 Å². The zero-order valence-corrected chi connectivity index (χ0v) is 11.2. The van der Waals surface area contributed by atoms with Gasteiger partial charge in [-0.3, -0.25) is 0 Å². The number of hydrogen-bond donors (Lipinski definition) is 2. The molecule has 7 nitrogen and oxygen atoms in total. The Bertz CT molecular complexity index is 590. The van der Waals surface area contributed by atoms with Gasteiger partial charge in [0.25, 0.3) is 0 Å². The number of hydrogen-bond acceptors (Lipinski definition) is 5. The van der Waals surface area contributed by atoms with Gasteiger partial charge in [-0.25, -0.2) is 13.2 Å². The Morgan fingerprint density at radius 2 is 2.26 bits per heavy atom. The van der Waals surface area contributed by atoms with Crippen molar-refractivity contribution in [1.82, 2.24) is 4.31 Å². The fourth-order valence-electron chi connectivity index (χ4n) is 2.26. The van der Waals surface area contributed by atoms with Gasteiger partial charge in [0, 0.05) is 18.7 Å². The van der Waals surface area contributed by atoms with Crippen molar-refractivity contribution < 1.29 is 27.8 Å². The fourth-order valence-corrected chi connectivity index (χ4v) is 4.11. The number of aryl methyl sites for hydroxylation is 1. The topological polar surface area (TPSA) is 108 Å². The molecule has 0 aliphatic carbocycles. The number of aromatic carboxylic acids is 1. The average molecular weight is 289 g/mol. The van der Waals surface area contributed by atoms with Crippen LogP contribution < -0.4 is 0 Å². The molecular formula is C11H15NO6S. The van der Waals surface area contributed by atoms with Crippen molar-refractivity contribution in [2.24, 2.45) is 0 Å². The van der Waals surface area contributed by atoms with Crippen molar-refractivity contribution in [2.45, 2.75) is 30.7 Å². The van der Waals surface area contributed by atoms with Gasteiger partial charge in [-0.1, -0.05) is 0 Å². The van der Waals surface area contributed by atoms with Crippen molar-refractivity contribution in [3.8, 4) is 0 Å². The summed E-state index contributed by atoms with van der Waals surface area (Å²) >= 11 is 0. The zero-order chi connectivity index (χ0) is 14.2. The van der Waals surface area contributed by atoms with Crippen LogP contribution in [0.5, 0.6) is 0 Å². The highest BCUT2D eigenvalue weighted by molar-refractivity contribution is 7.89. The molecule has 0 unspecified atom stereocenters. The van der Waals surface area contributed by atoms with Crippen molar-refractivity contribution >= 4 is 16.0 Å². The Labute approximate surface area is 110 Å². The van der Waals surface area contributed by atoms with Gasteiger partial charge in [-0.2, -0.15) is 4.31 Å². The smallest absolute Gasteiger partial charge is 0.371 e. The van der Waals surface area contributed by atoms with Gasteiger partial charge < -0.3 is 14.6 Å². The van der Waals surface area contributed by atoms with Crippen LogP contribution in [-0.4, -0.2) is 48.1 Å². The molecule has 106 valence electrons. The summed E-state index contributed by atoms with van der Waals surface area (Å²) in [6.45, 7) is 1.48. The number of sulfonamides is 1. The van der Waals surface area contributed by atoms with Crippen LogP contribution in [-0.2, 0) is 10.0 Å². The van der Waals surface area contributed by atoms with Crippen LogP contribution in [0.4, 0.5) is 0 Å². The maximum Gasteiger partial charge on any atom is 0.371 e. The van der Waals surface area contributed by atoms with Crippen LogP contribution >= 0.6 is 0 Å². The van der Waals surface area contributed by atoms with Gasteiger partial charge >= 0.3 is 5.97 Å². The van der Waals surface area contributed by atoms with Gasteiger partial charge in [0.1, 0.15) is 10.7 Å². The summed E-state index contributed by atoms with van der Waals surface area (Å²) in [5, 5.41) is 18.0. The average Bonchev–Trinajstić information content (AvgIpc) is 2.94. The highest BCUT2D eigenvalue weighted by Crippen LogP contribution is 2.29. The van der Waals surface area contributed by atoms with Crippen molar-refractivity contribution in [3.05, 3.63) is 17.6 Å². The Morgan fingerprint density at radius 1 is 1.58 bits per heavy atom. The molecule has 2 rings (SSSR count). The van der Waals surface area contributed by atoms with E-state index in [0.29, 0.717) is 19.4 Å². The van der Waals surface area contributed by atoms with Crippen molar-refractivity contribution in [2.75, 3.05) is 13.2 Å². The summed E-state index contributed by atoms with van der Waals surface area (Å²) in [7, 11) is -3.83. The first-order valence-electron chi connectivity index (χ1n) is 5.84. The summed E-state index contributed by atoms with van der Waals surface area (Å²) in [5.74, 6) is -1.68. The molecule has 2 heterocycles. The molecule has 0 aromatic carbocycles. The first-order chi connectivity index (χ1) is 8.87. The number of carboxylic acids is 1. The molecule has 1 fully saturated rings. The largest absolute Gasteiger partial charge is 0.475 e. The van der Waals surface area contributed by atoms with Crippen LogP contribution in [0, 0.1) is 6.92 Å². The van der Waals surface area contributed by atoms with Crippen molar-refractivity contribution in [1.29, 1.82) is 0 Å². The standard InChI is InChI=1S/C11H15NO6S/c1-7-10(5-9(18-7)11(14)15)19(16,17)12-4-2-3-8(12)6-13/h5,8,13H,2-4,6H2,1H3,(H,14,15)/t8-/m1/s1. The molecule has 1 aliphatic rings. The number of carbonyl (C=O) groups is 1. The molecule has 0 bridgehead atoms. The van der Waals surface area contributed by atoms with Crippen LogP contribution in [0.25, 0.3) is 0 Å². The normalized spacial score (nSPS) is 20.8. The minimum Gasteiger partial charge on any atom is -0.475 e. The Kier molecular flexibility index (Phi) is 3.66. The third-order valence-electron chi connectivity index (χ3n) is 3.20. The van der Waals surface area contributed by atoms with E-state index in [-0.39, 0.29) is 17.3 Å². The first-order valence-corrected chi connectivity index (χ1v) is 7.28. The lowest BCUT2D eigenvalue weighted by molar-refractivity contribution is 0.0661. The molecule has 0 radical (unpaired) electrons. The van der Waals surface area contributed by atoms with E-state index in [4.69, 9.17) is 9.52 Å². The van der Waals surface area contributed by atoms with E-state index < -0.39 is 27.8 Å². The molecule has 1 aliphatic heterocycles. The van der Waals surface area contributed by atoms with E-state index in [2.05, 4.69) is 0 Å². The van der Waals surface area contributed by atoms with E-state index in [1.165, 1.54) is 11.2 Å². The third kappa shape index (κ3) is 2.38. The highest BCUT2D eigenvalue weighted by Gasteiger charge is 2.37. The van der Waals surface area contributed by atoms with E-state index in [1.807, 2.05) is 0 Å². The van der Waals surface area contributed by atoms with Gasteiger partial charge in [0.05, 0.1) is 6.61 Å². The molecule has 1 saturated heterocycles. The van der Waals surface area contributed by atoms with Crippen LogP contribution in [0.1, 0.15) is 29.2 Å². The molecule has 1 aromatic heterocycles. The predicted molar refractivity (Wildman–Crippen MR) is 64.4 cm³/mol. The number of rotatable bonds is 4. The lowest BCUT2D eigenvalue weighted by atomic mass is 10.2. The summed E-state index contributed by atoms with van der Waals surface area (Å²) < 4.78 is 31.0. The second kappa shape index (κ2) is 4.95. The number of nitrogens with zero attached hydrogens (tertiary/aromatic N) is 1. The summed E-state index contributed by atoms with van der Waals surface area (Å²) in [5.41, 5.74) is 0. The second-order valence-corrected chi connectivity index (χ2v) is 6.29. The van der Waals surface area contributed by atoms with Gasteiger partial charge in [-0.15, -0.1) is 0 Å². The SMILES string of the molecule is Cc1oc(C(=O)O)cc1S(=O)(=O)N1CCC[C@@H]1CO. The van der Waals surface area contributed by atoms with E-state index in [0.717, 1.165) is 6.07 Å². The fraction of sp³-hybridized carbons (Fsp3) is 0.545. The number of carboxylic acid groups (broad SMARTS) is 1. The Morgan fingerprint density at radius 3 is 2.79 bits per heavy atom. The predicted octanol–water partition coefficient (Wildman–Crippen LogP) is 0.432. The van der Waals surface area contributed by atoms with Crippen LogP contribution in [0.15, 0.2) is 15.4 Å². The van der Waals surface area contributed by atoms with E-state index in [1.54, 1.807) is 0 Å². The molecule has 1 aromatic rings. The minimum absolute atomic E-state index is 0.0426.